The van der Waals surface area contributed by atoms with Crippen LogP contribution in [0.5, 0.6) is 0 Å². The summed E-state index contributed by atoms with van der Waals surface area (Å²) in [6.45, 7) is 0.831. The van der Waals surface area contributed by atoms with E-state index in [9.17, 15) is 14.7 Å². The van der Waals surface area contributed by atoms with Crippen LogP contribution in [0.3, 0.4) is 0 Å². The van der Waals surface area contributed by atoms with E-state index in [2.05, 4.69) is 10.6 Å². The van der Waals surface area contributed by atoms with Crippen LogP contribution in [0, 0.1) is 5.92 Å². The Morgan fingerprint density at radius 2 is 2.00 bits per heavy atom. The SMILES string of the molecule is O=C(O)CCCNC(=O)NCC1CCCC1O. The Kier molecular flexibility index (Phi) is 5.76. The Labute approximate surface area is 100 Å². The summed E-state index contributed by atoms with van der Waals surface area (Å²) in [6, 6.07) is -0.297. The van der Waals surface area contributed by atoms with Gasteiger partial charge in [0.15, 0.2) is 0 Å². The number of carbonyl (C=O) groups excluding carboxylic acids is 1. The molecule has 0 aromatic heterocycles. The van der Waals surface area contributed by atoms with Gasteiger partial charge in [0.05, 0.1) is 6.10 Å². The average Bonchev–Trinajstić information content (AvgIpc) is 2.67. The molecule has 0 spiro atoms. The molecule has 17 heavy (non-hydrogen) atoms. The Bertz CT molecular complexity index is 270. The van der Waals surface area contributed by atoms with Crippen molar-refractivity contribution in [1.82, 2.24) is 10.6 Å². The van der Waals surface area contributed by atoms with E-state index in [1.165, 1.54) is 0 Å². The number of aliphatic hydroxyl groups is 1. The fourth-order valence-electron chi connectivity index (χ4n) is 1.98. The number of carboxylic acid groups (broad SMARTS) is 1. The van der Waals surface area contributed by atoms with Gasteiger partial charge in [-0.1, -0.05) is 6.42 Å². The van der Waals surface area contributed by atoms with Crippen LogP contribution in [0.2, 0.25) is 0 Å². The van der Waals surface area contributed by atoms with Crippen molar-refractivity contribution in [3.63, 3.8) is 0 Å². The van der Waals surface area contributed by atoms with Crippen LogP contribution in [0.4, 0.5) is 4.79 Å². The molecule has 6 nitrogen and oxygen atoms in total. The molecular formula is C11H20N2O4. The molecular weight excluding hydrogens is 224 g/mol. The Balaban J connectivity index is 2.03. The highest BCUT2D eigenvalue weighted by Gasteiger charge is 2.25. The molecule has 0 aromatic carbocycles. The third-order valence-corrected chi connectivity index (χ3v) is 3.00. The fourth-order valence-corrected chi connectivity index (χ4v) is 1.98. The van der Waals surface area contributed by atoms with Crippen LogP contribution in [0.1, 0.15) is 32.1 Å². The first-order valence-electron chi connectivity index (χ1n) is 6.01. The quantitative estimate of drug-likeness (QED) is 0.505. The van der Waals surface area contributed by atoms with E-state index in [1.54, 1.807) is 0 Å². The number of carboxylic acids is 1. The molecule has 1 rings (SSSR count). The molecule has 0 saturated heterocycles. The van der Waals surface area contributed by atoms with Crippen molar-refractivity contribution >= 4 is 12.0 Å². The van der Waals surface area contributed by atoms with Crippen molar-refractivity contribution < 1.29 is 19.8 Å². The molecule has 4 N–H and O–H groups in total. The van der Waals surface area contributed by atoms with E-state index in [1.807, 2.05) is 0 Å². The summed E-state index contributed by atoms with van der Waals surface area (Å²) in [4.78, 5) is 21.5. The molecule has 0 radical (unpaired) electrons. The van der Waals surface area contributed by atoms with Crippen LogP contribution in [-0.4, -0.2) is 41.4 Å². The van der Waals surface area contributed by atoms with E-state index >= 15 is 0 Å². The van der Waals surface area contributed by atoms with Crippen molar-refractivity contribution in [2.75, 3.05) is 13.1 Å². The number of hydrogen-bond acceptors (Lipinski definition) is 3. The molecule has 6 heteroatoms. The van der Waals surface area contributed by atoms with E-state index in [4.69, 9.17) is 5.11 Å². The van der Waals surface area contributed by atoms with Crippen molar-refractivity contribution in [1.29, 1.82) is 0 Å². The number of aliphatic hydroxyl groups excluding tert-OH is 1. The standard InChI is InChI=1S/C11H20N2O4/c14-9-4-1-3-8(9)7-13-11(17)12-6-2-5-10(15)16/h8-9,14H,1-7H2,(H,15,16)(H2,12,13,17). The lowest BCUT2D eigenvalue weighted by Crippen LogP contribution is -2.40. The maximum atomic E-state index is 11.3. The van der Waals surface area contributed by atoms with Gasteiger partial charge in [-0.05, 0) is 19.3 Å². The zero-order valence-corrected chi connectivity index (χ0v) is 9.82. The predicted molar refractivity (Wildman–Crippen MR) is 61.6 cm³/mol. The highest BCUT2D eigenvalue weighted by atomic mass is 16.4. The van der Waals surface area contributed by atoms with Gasteiger partial charge in [0.1, 0.15) is 0 Å². The smallest absolute Gasteiger partial charge is 0.314 e. The number of urea groups is 1. The third kappa shape index (κ3) is 5.53. The van der Waals surface area contributed by atoms with E-state index in [0.717, 1.165) is 19.3 Å². The van der Waals surface area contributed by atoms with Gasteiger partial charge in [-0.25, -0.2) is 4.79 Å². The summed E-state index contributed by atoms with van der Waals surface area (Å²) in [5, 5.41) is 23.2. The minimum atomic E-state index is -0.860. The molecule has 0 bridgehead atoms. The zero-order chi connectivity index (χ0) is 12.7. The molecule has 1 fully saturated rings. The number of amides is 2. The molecule has 1 saturated carbocycles. The normalized spacial score (nSPS) is 23.4. The van der Waals surface area contributed by atoms with Crippen molar-refractivity contribution in [2.24, 2.45) is 5.92 Å². The lowest BCUT2D eigenvalue weighted by Gasteiger charge is -2.15. The van der Waals surface area contributed by atoms with E-state index < -0.39 is 5.97 Å². The second-order valence-corrected chi connectivity index (χ2v) is 4.39. The van der Waals surface area contributed by atoms with Crippen molar-refractivity contribution in [2.45, 2.75) is 38.2 Å². The number of aliphatic carboxylic acids is 1. The molecule has 0 heterocycles. The Hall–Kier alpha value is -1.30. The lowest BCUT2D eigenvalue weighted by molar-refractivity contribution is -0.137. The van der Waals surface area contributed by atoms with Crippen LogP contribution < -0.4 is 10.6 Å². The zero-order valence-electron chi connectivity index (χ0n) is 9.82. The Morgan fingerprint density at radius 1 is 1.24 bits per heavy atom. The van der Waals surface area contributed by atoms with Crippen molar-refractivity contribution in [3.8, 4) is 0 Å². The lowest BCUT2D eigenvalue weighted by atomic mass is 10.1. The monoisotopic (exact) mass is 244 g/mol. The topological polar surface area (TPSA) is 98.7 Å². The van der Waals surface area contributed by atoms with Gasteiger partial charge in [-0.3, -0.25) is 4.79 Å². The molecule has 1 aliphatic carbocycles. The van der Waals surface area contributed by atoms with E-state index in [0.29, 0.717) is 19.5 Å². The highest BCUT2D eigenvalue weighted by Crippen LogP contribution is 2.24. The predicted octanol–water partition coefficient (Wildman–Crippen LogP) is 0.311. The first-order chi connectivity index (χ1) is 8.09. The minimum absolute atomic E-state index is 0.0572. The molecule has 1 aliphatic rings. The average molecular weight is 244 g/mol. The fraction of sp³-hybridized carbons (Fsp3) is 0.818. The van der Waals surface area contributed by atoms with E-state index in [-0.39, 0.29) is 24.5 Å². The largest absolute Gasteiger partial charge is 0.481 e. The molecule has 0 aliphatic heterocycles. The molecule has 0 aromatic rings. The van der Waals surface area contributed by atoms with Crippen LogP contribution >= 0.6 is 0 Å². The molecule has 2 amide bonds. The number of rotatable bonds is 6. The van der Waals surface area contributed by atoms with Gasteiger partial charge in [-0.2, -0.15) is 0 Å². The summed E-state index contributed by atoms with van der Waals surface area (Å²) in [7, 11) is 0. The van der Waals surface area contributed by atoms with Gasteiger partial charge < -0.3 is 20.8 Å². The second kappa shape index (κ2) is 7.11. The first-order valence-corrected chi connectivity index (χ1v) is 6.01. The van der Waals surface area contributed by atoms with Crippen LogP contribution in [0.15, 0.2) is 0 Å². The van der Waals surface area contributed by atoms with Gasteiger partial charge in [0.2, 0.25) is 0 Å². The molecule has 2 atom stereocenters. The van der Waals surface area contributed by atoms with Gasteiger partial charge in [0.25, 0.3) is 0 Å². The maximum absolute atomic E-state index is 11.3. The third-order valence-electron chi connectivity index (χ3n) is 3.00. The summed E-state index contributed by atoms with van der Waals surface area (Å²) in [5.41, 5.74) is 0. The summed E-state index contributed by atoms with van der Waals surface area (Å²) in [6.07, 6.45) is 2.94. The number of carbonyl (C=O) groups is 2. The molecule has 98 valence electrons. The van der Waals surface area contributed by atoms with Crippen molar-refractivity contribution in [3.05, 3.63) is 0 Å². The van der Waals surface area contributed by atoms with Gasteiger partial charge >= 0.3 is 12.0 Å². The maximum Gasteiger partial charge on any atom is 0.314 e. The van der Waals surface area contributed by atoms with Crippen LogP contribution in [0.25, 0.3) is 0 Å². The minimum Gasteiger partial charge on any atom is -0.481 e. The van der Waals surface area contributed by atoms with Crippen LogP contribution in [-0.2, 0) is 4.79 Å². The first kappa shape index (κ1) is 13.8. The second-order valence-electron chi connectivity index (χ2n) is 4.39. The Morgan fingerprint density at radius 3 is 2.59 bits per heavy atom. The molecule has 2 unspecified atom stereocenters. The summed E-state index contributed by atoms with van der Waals surface area (Å²) in [5.74, 6) is -0.707. The van der Waals surface area contributed by atoms with Gasteiger partial charge in [0, 0.05) is 25.4 Å². The van der Waals surface area contributed by atoms with Gasteiger partial charge in [-0.15, -0.1) is 0 Å². The number of nitrogens with one attached hydrogen (secondary N) is 2. The summed E-state index contributed by atoms with van der Waals surface area (Å²) >= 11 is 0. The summed E-state index contributed by atoms with van der Waals surface area (Å²) < 4.78 is 0. The highest BCUT2D eigenvalue weighted by molar-refractivity contribution is 5.73. The number of hydrogen-bond donors (Lipinski definition) is 4.